The number of aromatic nitrogens is 2. The van der Waals surface area contributed by atoms with E-state index < -0.39 is 11.1 Å². The van der Waals surface area contributed by atoms with Gasteiger partial charge in [-0.25, -0.2) is 0 Å². The quantitative estimate of drug-likeness (QED) is 0.897. The van der Waals surface area contributed by atoms with Gasteiger partial charge in [-0.15, -0.1) is 0 Å². The Bertz CT molecular complexity index is 434. The summed E-state index contributed by atoms with van der Waals surface area (Å²) in [4.78, 5) is 4.56. The van der Waals surface area contributed by atoms with Crippen LogP contribution in [0.1, 0.15) is 71.0 Å². The zero-order valence-corrected chi connectivity index (χ0v) is 13.1. The Kier molecular flexibility index (Phi) is 4.49. The minimum atomic E-state index is -0.559. The number of methoxy groups -OCH3 is 1. The van der Waals surface area contributed by atoms with E-state index >= 15 is 0 Å². The topological polar surface area (TPSA) is 74.2 Å². The molecule has 1 heterocycles. The van der Waals surface area contributed by atoms with E-state index in [4.69, 9.17) is 15.0 Å². The Balaban J connectivity index is 2.22. The normalized spacial score (nSPS) is 30.1. The van der Waals surface area contributed by atoms with Crippen LogP contribution in [0.15, 0.2) is 4.52 Å². The molecule has 114 valence electrons. The molecule has 1 saturated carbocycles. The molecule has 0 aliphatic heterocycles. The van der Waals surface area contributed by atoms with Crippen LogP contribution in [-0.2, 0) is 15.9 Å². The Morgan fingerprint density at radius 2 is 2.10 bits per heavy atom. The van der Waals surface area contributed by atoms with Crippen LogP contribution in [0, 0.1) is 5.92 Å². The highest BCUT2D eigenvalue weighted by Crippen LogP contribution is 2.41. The summed E-state index contributed by atoms with van der Waals surface area (Å²) in [5, 5.41) is 4.17. The summed E-state index contributed by atoms with van der Waals surface area (Å²) < 4.78 is 11.2. The van der Waals surface area contributed by atoms with Crippen molar-refractivity contribution < 1.29 is 9.26 Å². The number of ether oxygens (including phenoxy) is 1. The fraction of sp³-hybridized carbons (Fsp3) is 0.867. The third kappa shape index (κ3) is 2.88. The summed E-state index contributed by atoms with van der Waals surface area (Å²) in [7, 11) is 1.74. The third-order valence-corrected chi connectivity index (χ3v) is 4.56. The second kappa shape index (κ2) is 5.82. The molecule has 5 heteroatoms. The number of nitrogens with two attached hydrogens (primary N) is 1. The Morgan fingerprint density at radius 3 is 2.65 bits per heavy atom. The standard InChI is InChI=1S/C15H27N3O2/c1-5-8-14(3,16)13-17-12(18-20-13)15(19-4)9-6-11(2)7-10-15/h11H,5-10,16H2,1-4H3. The molecule has 0 bridgehead atoms. The second-order valence-electron chi connectivity index (χ2n) is 6.47. The lowest BCUT2D eigenvalue weighted by molar-refractivity contribution is -0.0609. The van der Waals surface area contributed by atoms with Crippen molar-refractivity contribution in [2.45, 2.75) is 70.4 Å². The number of hydrogen-bond donors (Lipinski definition) is 1. The lowest BCUT2D eigenvalue weighted by Gasteiger charge is -2.35. The summed E-state index contributed by atoms with van der Waals surface area (Å²) in [5.41, 5.74) is 5.31. The molecular formula is C15H27N3O2. The van der Waals surface area contributed by atoms with Crippen LogP contribution >= 0.6 is 0 Å². The fourth-order valence-corrected chi connectivity index (χ4v) is 3.01. The number of rotatable bonds is 5. The Morgan fingerprint density at radius 1 is 1.45 bits per heavy atom. The molecule has 1 unspecified atom stereocenters. The third-order valence-electron chi connectivity index (χ3n) is 4.56. The van der Waals surface area contributed by atoms with Gasteiger partial charge in [-0.2, -0.15) is 4.98 Å². The number of hydrogen-bond acceptors (Lipinski definition) is 5. The summed E-state index contributed by atoms with van der Waals surface area (Å²) in [5.74, 6) is 1.92. The average Bonchev–Trinajstić information content (AvgIpc) is 2.91. The number of nitrogens with zero attached hydrogens (tertiary/aromatic N) is 2. The van der Waals surface area contributed by atoms with Gasteiger partial charge in [0, 0.05) is 7.11 Å². The smallest absolute Gasteiger partial charge is 0.246 e. The minimum Gasteiger partial charge on any atom is -0.370 e. The summed E-state index contributed by atoms with van der Waals surface area (Å²) >= 11 is 0. The molecule has 2 rings (SSSR count). The van der Waals surface area contributed by atoms with Crippen molar-refractivity contribution in [1.29, 1.82) is 0 Å². The average molecular weight is 281 g/mol. The maximum Gasteiger partial charge on any atom is 0.246 e. The van der Waals surface area contributed by atoms with Crippen LogP contribution in [-0.4, -0.2) is 17.3 Å². The predicted molar refractivity (Wildman–Crippen MR) is 77.1 cm³/mol. The van der Waals surface area contributed by atoms with Crippen molar-refractivity contribution in [2.75, 3.05) is 7.11 Å². The maximum absolute atomic E-state index is 6.26. The monoisotopic (exact) mass is 281 g/mol. The van der Waals surface area contributed by atoms with Crippen molar-refractivity contribution in [3.05, 3.63) is 11.7 Å². The molecule has 1 aliphatic carbocycles. The highest BCUT2D eigenvalue weighted by atomic mass is 16.5. The van der Waals surface area contributed by atoms with Crippen molar-refractivity contribution in [2.24, 2.45) is 11.7 Å². The van der Waals surface area contributed by atoms with E-state index in [9.17, 15) is 0 Å². The molecule has 1 aromatic heterocycles. The molecule has 20 heavy (non-hydrogen) atoms. The summed E-state index contributed by atoms with van der Waals surface area (Å²) in [6.45, 7) is 6.32. The highest BCUT2D eigenvalue weighted by molar-refractivity contribution is 5.07. The lowest BCUT2D eigenvalue weighted by atomic mass is 9.79. The first-order valence-electron chi connectivity index (χ1n) is 7.62. The second-order valence-corrected chi connectivity index (χ2v) is 6.47. The Labute approximate surface area is 121 Å². The van der Waals surface area contributed by atoms with Crippen molar-refractivity contribution in [3.8, 4) is 0 Å². The van der Waals surface area contributed by atoms with E-state index in [1.165, 1.54) is 0 Å². The van der Waals surface area contributed by atoms with Gasteiger partial charge in [0.1, 0.15) is 5.60 Å². The van der Waals surface area contributed by atoms with Gasteiger partial charge in [0.25, 0.3) is 0 Å². The maximum atomic E-state index is 6.26. The molecule has 0 radical (unpaired) electrons. The molecule has 0 saturated heterocycles. The van der Waals surface area contributed by atoms with E-state index in [-0.39, 0.29) is 0 Å². The van der Waals surface area contributed by atoms with Crippen LogP contribution in [0.3, 0.4) is 0 Å². The molecule has 0 spiro atoms. The van der Waals surface area contributed by atoms with Crippen molar-refractivity contribution in [1.82, 2.24) is 10.1 Å². The summed E-state index contributed by atoms with van der Waals surface area (Å²) in [6, 6.07) is 0. The van der Waals surface area contributed by atoms with Gasteiger partial charge in [0.05, 0.1) is 5.54 Å². The molecule has 1 fully saturated rings. The van der Waals surface area contributed by atoms with Gasteiger partial charge in [-0.3, -0.25) is 0 Å². The molecule has 0 aromatic carbocycles. The van der Waals surface area contributed by atoms with Crippen LogP contribution in [0.25, 0.3) is 0 Å². The van der Waals surface area contributed by atoms with Gasteiger partial charge >= 0.3 is 0 Å². The van der Waals surface area contributed by atoms with Gasteiger partial charge in [-0.05, 0) is 44.9 Å². The molecule has 1 aromatic rings. The first-order chi connectivity index (χ1) is 9.43. The van der Waals surface area contributed by atoms with Gasteiger partial charge in [-0.1, -0.05) is 25.4 Å². The van der Waals surface area contributed by atoms with E-state index in [2.05, 4.69) is 24.0 Å². The predicted octanol–water partition coefficient (Wildman–Crippen LogP) is 3.10. The largest absolute Gasteiger partial charge is 0.370 e. The van der Waals surface area contributed by atoms with Gasteiger partial charge in [0.2, 0.25) is 11.7 Å². The van der Waals surface area contributed by atoms with E-state index in [1.807, 2.05) is 6.92 Å². The molecule has 0 amide bonds. The summed E-state index contributed by atoms with van der Waals surface area (Å²) in [6.07, 6.45) is 5.96. The Hall–Kier alpha value is -0.940. The van der Waals surface area contributed by atoms with Crippen LogP contribution in [0.2, 0.25) is 0 Å². The van der Waals surface area contributed by atoms with Crippen LogP contribution in [0.5, 0.6) is 0 Å². The zero-order chi connectivity index (χ0) is 14.8. The molecule has 5 nitrogen and oxygen atoms in total. The first kappa shape index (κ1) is 15.4. The first-order valence-corrected chi connectivity index (χ1v) is 7.62. The fourth-order valence-electron chi connectivity index (χ4n) is 3.01. The minimum absolute atomic E-state index is 0.392. The van der Waals surface area contributed by atoms with Gasteiger partial charge in [0.15, 0.2) is 0 Å². The van der Waals surface area contributed by atoms with E-state index in [0.29, 0.717) is 11.7 Å². The molecule has 1 atom stereocenters. The van der Waals surface area contributed by atoms with E-state index in [1.54, 1.807) is 7.11 Å². The van der Waals surface area contributed by atoms with Crippen molar-refractivity contribution in [3.63, 3.8) is 0 Å². The van der Waals surface area contributed by atoms with Crippen LogP contribution in [0.4, 0.5) is 0 Å². The van der Waals surface area contributed by atoms with Gasteiger partial charge < -0.3 is 15.0 Å². The molecular weight excluding hydrogens is 254 g/mol. The molecule has 2 N–H and O–H groups in total. The lowest BCUT2D eigenvalue weighted by Crippen LogP contribution is -2.36. The van der Waals surface area contributed by atoms with Crippen LogP contribution < -0.4 is 5.73 Å². The SMILES string of the molecule is CCCC(C)(N)c1nc(C2(OC)CCC(C)CC2)no1. The molecule has 1 aliphatic rings. The zero-order valence-electron chi connectivity index (χ0n) is 13.1. The highest BCUT2D eigenvalue weighted by Gasteiger charge is 2.41. The van der Waals surface area contributed by atoms with E-state index in [0.717, 1.165) is 44.4 Å². The van der Waals surface area contributed by atoms with Crippen molar-refractivity contribution >= 4 is 0 Å².